The Morgan fingerprint density at radius 3 is 2.48 bits per heavy atom. The predicted octanol–water partition coefficient (Wildman–Crippen LogP) is 3.67. The van der Waals surface area contributed by atoms with Crippen molar-refractivity contribution in [1.82, 2.24) is 10.2 Å². The largest absolute Gasteiger partial charge is 0.352 e. The third-order valence-electron chi connectivity index (χ3n) is 5.96. The van der Waals surface area contributed by atoms with Gasteiger partial charge in [0.2, 0.25) is 0 Å². The number of hydrogen-bond acceptors (Lipinski definition) is 4. The molecule has 31 heavy (non-hydrogen) atoms. The van der Waals surface area contributed by atoms with Crippen LogP contribution >= 0.6 is 0 Å². The number of rotatable bonds is 8. The van der Waals surface area contributed by atoms with E-state index in [-0.39, 0.29) is 10.8 Å². The zero-order valence-corrected chi connectivity index (χ0v) is 19.5. The number of benzene rings is 2. The molecule has 0 spiro atoms. The van der Waals surface area contributed by atoms with Crippen molar-refractivity contribution in [2.24, 2.45) is 5.92 Å². The fourth-order valence-corrected chi connectivity index (χ4v) is 4.93. The Morgan fingerprint density at radius 2 is 1.81 bits per heavy atom. The van der Waals surface area contributed by atoms with Crippen LogP contribution in [0.15, 0.2) is 53.4 Å². The normalized spacial score (nSPS) is 15.6. The number of carbonyl (C=O) groups is 1. The molecule has 0 bridgehead atoms. The smallest absolute Gasteiger partial charge is 0.264 e. The van der Waals surface area contributed by atoms with Crippen LogP contribution in [0.5, 0.6) is 0 Å². The van der Waals surface area contributed by atoms with Crippen molar-refractivity contribution < 1.29 is 13.2 Å². The summed E-state index contributed by atoms with van der Waals surface area (Å²) < 4.78 is 27.1. The van der Waals surface area contributed by atoms with Crippen LogP contribution in [0, 0.1) is 12.8 Å². The average molecular weight is 444 g/mol. The molecule has 2 aromatic rings. The van der Waals surface area contributed by atoms with Crippen molar-refractivity contribution in [3.8, 4) is 0 Å². The van der Waals surface area contributed by atoms with Crippen molar-refractivity contribution in [3.63, 3.8) is 0 Å². The first kappa shape index (κ1) is 23.3. The highest BCUT2D eigenvalue weighted by atomic mass is 32.2. The Bertz CT molecular complexity index is 981. The van der Waals surface area contributed by atoms with Gasteiger partial charge in [-0.05, 0) is 82.1 Å². The molecule has 1 fully saturated rings. The third-order valence-corrected chi connectivity index (χ3v) is 7.76. The van der Waals surface area contributed by atoms with Crippen LogP contribution in [0.2, 0.25) is 0 Å². The first-order valence-corrected chi connectivity index (χ1v) is 12.4. The van der Waals surface area contributed by atoms with E-state index in [1.54, 1.807) is 48.5 Å². The zero-order valence-electron chi connectivity index (χ0n) is 18.7. The number of sulfonamides is 1. The van der Waals surface area contributed by atoms with E-state index in [1.165, 1.54) is 24.2 Å². The maximum Gasteiger partial charge on any atom is 0.264 e. The topological polar surface area (TPSA) is 69.7 Å². The second-order valence-electron chi connectivity index (χ2n) is 8.47. The second kappa shape index (κ2) is 10.3. The first-order valence-electron chi connectivity index (χ1n) is 10.9. The van der Waals surface area contributed by atoms with Gasteiger partial charge in [-0.1, -0.05) is 30.7 Å². The van der Waals surface area contributed by atoms with Crippen molar-refractivity contribution in [3.05, 3.63) is 59.7 Å². The molecular formula is C24H33N3O3S. The van der Waals surface area contributed by atoms with Gasteiger partial charge in [-0.25, -0.2) is 8.42 Å². The number of amides is 1. The molecule has 168 valence electrons. The minimum absolute atomic E-state index is 0.185. The van der Waals surface area contributed by atoms with Gasteiger partial charge in [-0.15, -0.1) is 0 Å². The van der Waals surface area contributed by atoms with E-state index in [2.05, 4.69) is 17.1 Å². The monoisotopic (exact) mass is 443 g/mol. The number of nitrogens with one attached hydrogen (secondary N) is 1. The Balaban J connectivity index is 1.57. The molecule has 3 rings (SSSR count). The van der Waals surface area contributed by atoms with Crippen LogP contribution in [0.25, 0.3) is 0 Å². The molecule has 1 saturated heterocycles. The van der Waals surface area contributed by atoms with Crippen molar-refractivity contribution >= 4 is 21.6 Å². The number of piperidine rings is 1. The summed E-state index contributed by atoms with van der Waals surface area (Å²) in [4.78, 5) is 15.3. The summed E-state index contributed by atoms with van der Waals surface area (Å²) in [5, 5.41) is 2.96. The van der Waals surface area contributed by atoms with Crippen LogP contribution in [-0.2, 0) is 10.0 Å². The first-order chi connectivity index (χ1) is 14.8. The number of carbonyl (C=O) groups excluding carboxylic acids is 1. The Morgan fingerprint density at radius 1 is 1.13 bits per heavy atom. The van der Waals surface area contributed by atoms with E-state index in [4.69, 9.17) is 0 Å². The molecule has 0 saturated carbocycles. The Labute approximate surface area is 186 Å². The fraction of sp³-hybridized carbons (Fsp3) is 0.458. The summed E-state index contributed by atoms with van der Waals surface area (Å²) in [6.07, 6.45) is 3.40. The number of anilines is 1. The predicted molar refractivity (Wildman–Crippen MR) is 125 cm³/mol. The minimum Gasteiger partial charge on any atom is -0.352 e. The Kier molecular flexibility index (Phi) is 7.73. The van der Waals surface area contributed by atoms with E-state index in [0.717, 1.165) is 37.5 Å². The van der Waals surface area contributed by atoms with Gasteiger partial charge in [-0.2, -0.15) is 0 Å². The molecule has 0 aliphatic carbocycles. The summed E-state index contributed by atoms with van der Waals surface area (Å²) in [6.45, 7) is 8.08. The number of likely N-dealkylation sites (tertiary alicyclic amines) is 1. The molecule has 0 radical (unpaired) electrons. The maximum atomic E-state index is 12.9. The molecule has 1 aliphatic heterocycles. The highest BCUT2D eigenvalue weighted by molar-refractivity contribution is 7.92. The minimum atomic E-state index is -3.69. The SMILES string of the molecule is Cc1ccc(S(=O)(=O)N(C)c2cccc(C(=O)NCCCN3CCC(C)CC3)c2)cc1. The molecule has 0 unspecified atom stereocenters. The van der Waals surface area contributed by atoms with E-state index in [1.807, 2.05) is 6.92 Å². The van der Waals surface area contributed by atoms with E-state index < -0.39 is 10.0 Å². The molecule has 2 aromatic carbocycles. The number of hydrogen-bond donors (Lipinski definition) is 1. The van der Waals surface area contributed by atoms with E-state index in [9.17, 15) is 13.2 Å². The molecule has 1 amide bonds. The quantitative estimate of drug-likeness (QED) is 0.632. The second-order valence-corrected chi connectivity index (χ2v) is 10.4. The van der Waals surface area contributed by atoms with Gasteiger partial charge < -0.3 is 10.2 Å². The number of aryl methyl sites for hydroxylation is 1. The third kappa shape index (κ3) is 6.08. The highest BCUT2D eigenvalue weighted by Gasteiger charge is 2.22. The Hall–Kier alpha value is -2.38. The van der Waals surface area contributed by atoms with Crippen molar-refractivity contribution in [1.29, 1.82) is 0 Å². The average Bonchev–Trinajstić information content (AvgIpc) is 2.77. The molecule has 0 aromatic heterocycles. The van der Waals surface area contributed by atoms with Gasteiger partial charge in [0.1, 0.15) is 0 Å². The van der Waals surface area contributed by atoms with Gasteiger partial charge >= 0.3 is 0 Å². The molecule has 1 N–H and O–H groups in total. The molecule has 1 heterocycles. The van der Waals surface area contributed by atoms with Crippen LogP contribution in [-0.4, -0.2) is 52.5 Å². The van der Waals surface area contributed by atoms with Crippen molar-refractivity contribution in [2.45, 2.75) is 38.0 Å². The molecule has 1 aliphatic rings. The number of nitrogens with zero attached hydrogens (tertiary/aromatic N) is 2. The zero-order chi connectivity index (χ0) is 22.4. The van der Waals surface area contributed by atoms with E-state index >= 15 is 0 Å². The van der Waals surface area contributed by atoms with Gasteiger partial charge in [-0.3, -0.25) is 9.10 Å². The van der Waals surface area contributed by atoms with Gasteiger partial charge in [0.15, 0.2) is 0 Å². The van der Waals surface area contributed by atoms with Gasteiger partial charge in [0.25, 0.3) is 15.9 Å². The van der Waals surface area contributed by atoms with Crippen LogP contribution in [0.4, 0.5) is 5.69 Å². The van der Waals surface area contributed by atoms with Crippen LogP contribution < -0.4 is 9.62 Å². The van der Waals surface area contributed by atoms with E-state index in [0.29, 0.717) is 17.8 Å². The van der Waals surface area contributed by atoms with Gasteiger partial charge in [0, 0.05) is 19.2 Å². The molecular weight excluding hydrogens is 410 g/mol. The lowest BCUT2D eigenvalue weighted by molar-refractivity contribution is 0.0950. The summed E-state index contributed by atoms with van der Waals surface area (Å²) in [7, 11) is -2.19. The lowest BCUT2D eigenvalue weighted by atomic mass is 9.99. The lowest BCUT2D eigenvalue weighted by Gasteiger charge is -2.30. The summed E-state index contributed by atoms with van der Waals surface area (Å²) >= 11 is 0. The van der Waals surface area contributed by atoms with Crippen LogP contribution in [0.1, 0.15) is 42.1 Å². The summed E-state index contributed by atoms with van der Waals surface area (Å²) in [6, 6.07) is 13.5. The molecule has 7 heteroatoms. The lowest BCUT2D eigenvalue weighted by Crippen LogP contribution is -2.35. The molecule has 0 atom stereocenters. The van der Waals surface area contributed by atoms with Gasteiger partial charge in [0.05, 0.1) is 10.6 Å². The summed E-state index contributed by atoms with van der Waals surface area (Å²) in [5.74, 6) is 0.631. The highest BCUT2D eigenvalue weighted by Crippen LogP contribution is 2.23. The summed E-state index contributed by atoms with van der Waals surface area (Å²) in [5.41, 5.74) is 1.90. The fourth-order valence-electron chi connectivity index (χ4n) is 3.74. The standard InChI is InChI=1S/C24H33N3O3S/c1-19-8-10-23(11-9-19)31(29,30)26(3)22-7-4-6-21(18-22)24(28)25-14-5-15-27-16-12-20(2)13-17-27/h4,6-11,18,20H,5,12-17H2,1-3H3,(H,25,28). The maximum absolute atomic E-state index is 12.9. The molecule has 6 nitrogen and oxygen atoms in total. The van der Waals surface area contributed by atoms with Crippen molar-refractivity contribution in [2.75, 3.05) is 37.5 Å². The van der Waals surface area contributed by atoms with Crippen LogP contribution in [0.3, 0.4) is 0 Å².